The van der Waals surface area contributed by atoms with E-state index in [1.165, 1.54) is 10.4 Å². The summed E-state index contributed by atoms with van der Waals surface area (Å²) >= 11 is 3.18. The molecule has 130 valence electrons. The molecule has 3 rings (SSSR count). The summed E-state index contributed by atoms with van der Waals surface area (Å²) in [5.74, 6) is -0.0114. The van der Waals surface area contributed by atoms with Crippen molar-refractivity contribution in [3.8, 4) is 11.3 Å². The summed E-state index contributed by atoms with van der Waals surface area (Å²) in [6.07, 6.45) is 6.63. The van der Waals surface area contributed by atoms with Crippen molar-refractivity contribution in [3.05, 3.63) is 56.3 Å². The Morgan fingerprint density at radius 1 is 1.24 bits per heavy atom. The Balaban J connectivity index is 1.64. The Kier molecular flexibility index (Phi) is 5.94. The number of carbonyl (C=O) groups is 1. The number of amides is 1. The number of thiazole rings is 1. The number of aromatic nitrogens is 2. The first-order chi connectivity index (χ1) is 12.2. The van der Waals surface area contributed by atoms with Crippen LogP contribution in [0.25, 0.3) is 11.3 Å². The molecule has 0 fully saturated rings. The van der Waals surface area contributed by atoms with Crippen LogP contribution in [-0.2, 0) is 19.4 Å². The van der Waals surface area contributed by atoms with Gasteiger partial charge in [-0.2, -0.15) is 0 Å². The van der Waals surface area contributed by atoms with Crippen LogP contribution in [0, 0.1) is 0 Å². The fourth-order valence-electron chi connectivity index (χ4n) is 2.61. The molecule has 1 N–H and O–H groups in total. The molecule has 3 aromatic rings. The maximum absolute atomic E-state index is 12.4. The summed E-state index contributed by atoms with van der Waals surface area (Å²) in [5, 5.41) is 5.91. The quantitative estimate of drug-likeness (QED) is 0.654. The zero-order valence-electron chi connectivity index (χ0n) is 14.4. The van der Waals surface area contributed by atoms with E-state index >= 15 is 0 Å². The van der Waals surface area contributed by atoms with Gasteiger partial charge in [0.2, 0.25) is 0 Å². The highest BCUT2D eigenvalue weighted by atomic mass is 32.1. The third kappa shape index (κ3) is 4.32. The van der Waals surface area contributed by atoms with Crippen LogP contribution in [0.3, 0.4) is 0 Å². The number of nitrogens with one attached hydrogen (secondary N) is 1. The van der Waals surface area contributed by atoms with Crippen LogP contribution < -0.4 is 5.32 Å². The summed E-state index contributed by atoms with van der Waals surface area (Å²) in [4.78, 5) is 23.2. The van der Waals surface area contributed by atoms with Gasteiger partial charge in [-0.15, -0.1) is 22.7 Å². The highest BCUT2D eigenvalue weighted by Gasteiger charge is 2.14. The van der Waals surface area contributed by atoms with E-state index in [2.05, 4.69) is 29.1 Å². The van der Waals surface area contributed by atoms with Gasteiger partial charge in [-0.25, -0.2) is 4.98 Å². The van der Waals surface area contributed by atoms with E-state index in [0.29, 0.717) is 6.54 Å². The molecule has 0 aliphatic heterocycles. The number of hydrogen-bond donors (Lipinski definition) is 1. The number of pyridine rings is 1. The predicted octanol–water partition coefficient (Wildman–Crippen LogP) is 4.71. The lowest BCUT2D eigenvalue weighted by Gasteiger charge is -2.00. The molecule has 0 unspecified atom stereocenters. The molecule has 0 atom stereocenters. The second-order valence-electron chi connectivity index (χ2n) is 5.71. The summed E-state index contributed by atoms with van der Waals surface area (Å²) < 4.78 is 0. The van der Waals surface area contributed by atoms with Crippen LogP contribution in [0.15, 0.2) is 36.0 Å². The molecule has 3 heterocycles. The normalized spacial score (nSPS) is 10.8. The molecule has 25 heavy (non-hydrogen) atoms. The molecular formula is C19H21N3OS2. The van der Waals surface area contributed by atoms with Crippen molar-refractivity contribution in [1.82, 2.24) is 15.3 Å². The van der Waals surface area contributed by atoms with Crippen molar-refractivity contribution in [2.75, 3.05) is 0 Å². The maximum atomic E-state index is 12.4. The third-order valence-corrected chi connectivity index (χ3v) is 5.99. The van der Waals surface area contributed by atoms with Gasteiger partial charge in [0.1, 0.15) is 5.01 Å². The largest absolute Gasteiger partial charge is 0.345 e. The number of hydrogen-bond acceptors (Lipinski definition) is 5. The molecule has 0 radical (unpaired) electrons. The third-order valence-electron chi connectivity index (χ3n) is 3.91. The van der Waals surface area contributed by atoms with Crippen molar-refractivity contribution in [3.63, 3.8) is 0 Å². The van der Waals surface area contributed by atoms with E-state index in [4.69, 9.17) is 0 Å². The van der Waals surface area contributed by atoms with Crippen LogP contribution >= 0.6 is 22.7 Å². The van der Waals surface area contributed by atoms with Gasteiger partial charge in [0, 0.05) is 28.2 Å². The van der Waals surface area contributed by atoms with Crippen LogP contribution in [0.1, 0.15) is 45.4 Å². The van der Waals surface area contributed by atoms with Gasteiger partial charge in [0.15, 0.2) is 0 Å². The molecule has 0 bridgehead atoms. The summed E-state index contributed by atoms with van der Waals surface area (Å²) in [5.41, 5.74) is 3.26. The lowest BCUT2D eigenvalue weighted by Crippen LogP contribution is -2.21. The van der Waals surface area contributed by atoms with Gasteiger partial charge in [0.05, 0.1) is 17.1 Å². The van der Waals surface area contributed by atoms with E-state index < -0.39 is 0 Å². The zero-order chi connectivity index (χ0) is 17.6. The predicted molar refractivity (Wildman–Crippen MR) is 104 cm³/mol. The first-order valence-electron chi connectivity index (χ1n) is 8.45. The fraction of sp³-hybridized carbons (Fsp3) is 0.316. The molecule has 3 aromatic heterocycles. The zero-order valence-corrected chi connectivity index (χ0v) is 16.0. The standard InChI is InChI=1S/C19H21N3OS2/c1-3-5-16-13(4-2)10-17(25-16)19(23)21-11-18-22-15(12-24-18)14-6-8-20-9-7-14/h6-10,12H,3-5,11H2,1-2H3,(H,21,23). The minimum Gasteiger partial charge on any atom is -0.345 e. The topological polar surface area (TPSA) is 54.9 Å². The van der Waals surface area contributed by atoms with Crippen molar-refractivity contribution in [1.29, 1.82) is 0 Å². The molecular weight excluding hydrogens is 350 g/mol. The number of thiophene rings is 1. The number of nitrogens with zero attached hydrogens (tertiary/aromatic N) is 2. The first kappa shape index (κ1) is 17.8. The molecule has 4 nitrogen and oxygen atoms in total. The number of carbonyl (C=O) groups excluding carboxylic acids is 1. The average molecular weight is 372 g/mol. The molecule has 0 aliphatic carbocycles. The fourth-order valence-corrected chi connectivity index (χ4v) is 4.62. The van der Waals surface area contributed by atoms with Crippen LogP contribution in [0.5, 0.6) is 0 Å². The smallest absolute Gasteiger partial charge is 0.261 e. The van der Waals surface area contributed by atoms with Gasteiger partial charge in [-0.1, -0.05) is 20.3 Å². The summed E-state index contributed by atoms with van der Waals surface area (Å²) in [7, 11) is 0. The van der Waals surface area contributed by atoms with E-state index in [1.807, 2.05) is 23.6 Å². The van der Waals surface area contributed by atoms with Crippen molar-refractivity contribution in [2.24, 2.45) is 0 Å². The Morgan fingerprint density at radius 2 is 2.04 bits per heavy atom. The van der Waals surface area contributed by atoms with Gasteiger partial charge in [-0.3, -0.25) is 9.78 Å². The maximum Gasteiger partial charge on any atom is 0.261 e. The van der Waals surface area contributed by atoms with Gasteiger partial charge in [-0.05, 0) is 36.6 Å². The molecule has 1 amide bonds. The van der Waals surface area contributed by atoms with Gasteiger partial charge in [0.25, 0.3) is 5.91 Å². The van der Waals surface area contributed by atoms with E-state index in [1.54, 1.807) is 35.1 Å². The SMILES string of the molecule is CCCc1sc(C(=O)NCc2nc(-c3ccncc3)cs2)cc1CC. The lowest BCUT2D eigenvalue weighted by molar-refractivity contribution is 0.0955. The van der Waals surface area contributed by atoms with E-state index in [9.17, 15) is 4.79 Å². The van der Waals surface area contributed by atoms with Gasteiger partial charge < -0.3 is 5.32 Å². The average Bonchev–Trinajstić information content (AvgIpc) is 3.28. The second kappa shape index (κ2) is 8.36. The molecule has 0 spiro atoms. The van der Waals surface area contributed by atoms with Crippen LogP contribution in [0.4, 0.5) is 0 Å². The monoisotopic (exact) mass is 371 g/mol. The van der Waals surface area contributed by atoms with Crippen molar-refractivity contribution < 1.29 is 4.79 Å². The number of aryl methyl sites for hydroxylation is 2. The Morgan fingerprint density at radius 3 is 2.76 bits per heavy atom. The Bertz CT molecular complexity index is 839. The Hall–Kier alpha value is -2.05. The van der Waals surface area contributed by atoms with Crippen molar-refractivity contribution >= 4 is 28.6 Å². The highest BCUT2D eigenvalue weighted by molar-refractivity contribution is 7.14. The molecule has 0 saturated heterocycles. The molecule has 6 heteroatoms. The first-order valence-corrected chi connectivity index (χ1v) is 10.2. The minimum absolute atomic E-state index is 0.0114. The molecule has 0 saturated carbocycles. The highest BCUT2D eigenvalue weighted by Crippen LogP contribution is 2.25. The summed E-state index contributed by atoms with van der Waals surface area (Å²) in [6.45, 7) is 4.76. The van der Waals surface area contributed by atoms with Crippen molar-refractivity contribution in [2.45, 2.75) is 39.7 Å². The van der Waals surface area contributed by atoms with Crippen LogP contribution in [-0.4, -0.2) is 15.9 Å². The number of rotatable bonds is 7. The lowest BCUT2D eigenvalue weighted by atomic mass is 10.1. The second-order valence-corrected chi connectivity index (χ2v) is 7.79. The van der Waals surface area contributed by atoms with Gasteiger partial charge >= 0.3 is 0 Å². The minimum atomic E-state index is -0.0114. The molecule has 0 aliphatic rings. The van der Waals surface area contributed by atoms with E-state index in [-0.39, 0.29) is 5.91 Å². The van der Waals surface area contributed by atoms with E-state index in [0.717, 1.165) is 40.4 Å². The summed E-state index contributed by atoms with van der Waals surface area (Å²) in [6, 6.07) is 5.91. The Labute approximate surface area is 156 Å². The molecule has 0 aromatic carbocycles. The van der Waals surface area contributed by atoms with Crippen LogP contribution in [0.2, 0.25) is 0 Å².